The monoisotopic (exact) mass is 886 g/mol. The number of carbonyl (C=O) groups is 1. The van der Waals surface area contributed by atoms with Gasteiger partial charge in [0.25, 0.3) is 20.0 Å². The third kappa shape index (κ3) is 9.75. The maximum atomic E-state index is 12.8. The second-order valence-electron chi connectivity index (χ2n) is 17.6. The molecule has 2 amide bonds. The number of nitrogens with one attached hydrogen (secondary N) is 2. The van der Waals surface area contributed by atoms with E-state index in [9.17, 15) is 26.4 Å². The molecule has 0 saturated carbocycles. The summed E-state index contributed by atoms with van der Waals surface area (Å²) in [6.45, 7) is 3.49. The number of anilines is 1. The molecule has 2 aliphatic heterocycles. The van der Waals surface area contributed by atoms with Gasteiger partial charge in [-0.05, 0) is 187 Å². The number of hydrogen-bond donors (Lipinski definition) is 3. The highest BCUT2D eigenvalue weighted by Crippen LogP contribution is 2.40. The molecule has 0 radical (unpaired) electrons. The van der Waals surface area contributed by atoms with Crippen LogP contribution < -0.4 is 15.2 Å². The van der Waals surface area contributed by atoms with Crippen LogP contribution in [0.15, 0.2) is 51.7 Å². The van der Waals surface area contributed by atoms with E-state index in [1.54, 1.807) is 27.8 Å². The molecule has 0 bridgehead atoms. The summed E-state index contributed by atoms with van der Waals surface area (Å²) in [5.41, 5.74) is 12.2. The minimum Gasteiger partial charge on any atom is -0.307 e. The normalized spacial score (nSPS) is 20.3. The van der Waals surface area contributed by atoms with Gasteiger partial charge in [-0.15, -0.1) is 0 Å². The van der Waals surface area contributed by atoms with Crippen LogP contribution in [0.4, 0.5) is 16.2 Å². The summed E-state index contributed by atoms with van der Waals surface area (Å²) < 4.78 is 53.0. The number of urea groups is 1. The molecule has 4 N–H and O–H groups in total. The number of nitrogens with two attached hydrogens (primary N) is 1. The Balaban J connectivity index is 0.000000143. The number of benzene rings is 2. The van der Waals surface area contributed by atoms with E-state index in [4.69, 9.17) is 5.14 Å². The van der Waals surface area contributed by atoms with Crippen molar-refractivity contribution in [3.8, 4) is 0 Å². The second kappa shape index (κ2) is 18.6. The Morgan fingerprint density at radius 1 is 0.710 bits per heavy atom. The summed E-state index contributed by atoms with van der Waals surface area (Å²) in [6.07, 6.45) is 22.5. The summed E-state index contributed by atoms with van der Waals surface area (Å²) in [7, 11) is -3.57. The molecule has 4 heterocycles. The number of rotatable bonds is 9. The molecular weight excluding hydrogens is 829 g/mol. The molecule has 2 fully saturated rings. The van der Waals surface area contributed by atoms with Crippen molar-refractivity contribution in [2.24, 2.45) is 10.1 Å². The van der Waals surface area contributed by atoms with E-state index in [0.717, 1.165) is 119 Å². The molecule has 2 saturated heterocycles. The summed E-state index contributed by atoms with van der Waals surface area (Å²) in [5, 5.41) is 15.8. The lowest BCUT2D eigenvalue weighted by atomic mass is 9.99. The molecule has 2 aromatic heterocycles. The number of aliphatic imine (C=N–C) groups is 1. The van der Waals surface area contributed by atoms with Crippen LogP contribution in [0.1, 0.15) is 95.9 Å². The van der Waals surface area contributed by atoms with Crippen molar-refractivity contribution in [3.63, 3.8) is 0 Å². The third-order valence-electron chi connectivity index (χ3n) is 13.5. The number of carbonyl (C=O) groups excluding carboxylic acids is 2. The van der Waals surface area contributed by atoms with E-state index in [0.29, 0.717) is 25.2 Å². The number of aryl methyl sites for hydroxylation is 4. The van der Waals surface area contributed by atoms with Crippen molar-refractivity contribution in [2.75, 3.05) is 32.5 Å². The maximum Gasteiger partial charge on any atom is 0.333 e. The lowest BCUT2D eigenvalue weighted by Crippen LogP contribution is -2.35. The van der Waals surface area contributed by atoms with Crippen LogP contribution in [-0.2, 0) is 89.3 Å². The van der Waals surface area contributed by atoms with Gasteiger partial charge in [0.15, 0.2) is 10.1 Å². The molecule has 2 aromatic carbocycles. The number of hydrogen-bond acceptors (Lipinski definition) is 11. The van der Waals surface area contributed by atoms with Crippen molar-refractivity contribution < 1.29 is 26.4 Å². The number of amides is 2. The molecular formula is C44H58N10O6S2. The largest absolute Gasteiger partial charge is 0.333 e. The first kappa shape index (κ1) is 43.9. The molecule has 10 rings (SSSR count). The van der Waals surface area contributed by atoms with E-state index >= 15 is 0 Å². The van der Waals surface area contributed by atoms with Crippen molar-refractivity contribution in [1.82, 2.24) is 34.1 Å². The van der Waals surface area contributed by atoms with E-state index in [2.05, 4.69) is 61.3 Å². The summed E-state index contributed by atoms with van der Waals surface area (Å²) in [5.74, 6) is 0. The number of likely N-dealkylation sites (tertiary alicyclic amines) is 2. The fourth-order valence-corrected chi connectivity index (χ4v) is 11.6. The van der Waals surface area contributed by atoms with Crippen LogP contribution in [0.3, 0.4) is 0 Å². The molecule has 332 valence electrons. The Bertz CT molecular complexity index is 2530. The number of likely N-dealkylation sites (N-methyl/N-ethyl adjacent to an activating group) is 2. The van der Waals surface area contributed by atoms with Gasteiger partial charge >= 0.3 is 6.03 Å². The molecule has 6 aliphatic rings. The Morgan fingerprint density at radius 2 is 1.16 bits per heavy atom. The zero-order valence-corrected chi connectivity index (χ0v) is 37.4. The van der Waals surface area contributed by atoms with Gasteiger partial charge in [0.05, 0.1) is 18.8 Å². The number of sulfonamides is 2. The predicted molar refractivity (Wildman–Crippen MR) is 235 cm³/mol. The second-order valence-corrected chi connectivity index (χ2v) is 20.7. The zero-order chi connectivity index (χ0) is 43.6. The molecule has 18 heteroatoms. The molecule has 62 heavy (non-hydrogen) atoms. The summed E-state index contributed by atoms with van der Waals surface area (Å²) >= 11 is 0. The van der Waals surface area contributed by atoms with Crippen LogP contribution in [0.25, 0.3) is 0 Å². The third-order valence-corrected chi connectivity index (χ3v) is 15.5. The van der Waals surface area contributed by atoms with E-state index in [-0.39, 0.29) is 10.1 Å². The fourth-order valence-electron chi connectivity index (χ4n) is 10.3. The quantitative estimate of drug-likeness (QED) is 0.156. The summed E-state index contributed by atoms with van der Waals surface area (Å²) in [6, 6.07) is 7.57. The van der Waals surface area contributed by atoms with Crippen LogP contribution in [0, 0.1) is 0 Å². The lowest BCUT2D eigenvalue weighted by Gasteiger charge is -2.19. The topological polar surface area (TPSA) is 207 Å². The SMILES string of the molecule is CN1CCC[C@@H]1Cn1ccc(S(=O)(=O)NC(=O)Nc2c3c(cc4c2CCC4)CCC3)n1.CN1CCC[C@@H]1Cn1ccc(S(N)(=O)=O)n1.O=C=Nc1c2c(cc3c1CCC3)CCC2. The van der Waals surface area contributed by atoms with Crippen LogP contribution in [0.2, 0.25) is 0 Å². The molecule has 4 aromatic rings. The van der Waals surface area contributed by atoms with Gasteiger partial charge in [0.2, 0.25) is 6.08 Å². The van der Waals surface area contributed by atoms with Gasteiger partial charge in [-0.1, -0.05) is 12.1 Å². The predicted octanol–water partition coefficient (Wildman–Crippen LogP) is 4.72. The lowest BCUT2D eigenvalue weighted by molar-refractivity contribution is 0.256. The van der Waals surface area contributed by atoms with Crippen LogP contribution >= 0.6 is 0 Å². The summed E-state index contributed by atoms with van der Waals surface area (Å²) in [4.78, 5) is 31.6. The van der Waals surface area contributed by atoms with Gasteiger partial charge in [0.1, 0.15) is 0 Å². The average Bonchev–Trinajstić information content (AvgIpc) is 4.07. The standard InChI is InChI=1S/C22H29N5O3S.C13H13NO.C9H16N4O2S/c1-26-11-4-7-17(26)14-27-12-10-20(24-27)31(29,30)25-22(28)23-21-18-8-2-5-15(18)13-16-6-3-9-19(16)21;15-8-14-13-11-5-1-3-9(11)7-10-4-2-6-12(10)13;1-12-5-2-3-8(12)7-13-6-4-9(11-13)16(10,14)15/h10,12-13,17H,2-9,11,14H2,1H3,(H2,23,25,28);7H,1-6H2;4,6,8H,2-3,5,7H2,1H3,(H2,10,14,15)/t17-;;8-/m1.1/s1. The number of isocyanates is 1. The van der Waals surface area contributed by atoms with Crippen molar-refractivity contribution in [2.45, 2.75) is 138 Å². The van der Waals surface area contributed by atoms with Gasteiger partial charge < -0.3 is 15.1 Å². The highest BCUT2D eigenvalue weighted by molar-refractivity contribution is 7.90. The number of primary sulfonamides is 1. The van der Waals surface area contributed by atoms with Crippen molar-refractivity contribution in [1.29, 1.82) is 0 Å². The smallest absolute Gasteiger partial charge is 0.307 e. The zero-order valence-electron chi connectivity index (χ0n) is 35.7. The van der Waals surface area contributed by atoms with Gasteiger partial charge in [-0.25, -0.2) is 27.9 Å². The first-order valence-electron chi connectivity index (χ1n) is 22.0. The molecule has 0 unspecified atom stereocenters. The average molecular weight is 887 g/mol. The number of nitrogens with zero attached hydrogens (tertiary/aromatic N) is 7. The van der Waals surface area contributed by atoms with Crippen LogP contribution in [-0.4, -0.2) is 97.6 Å². The van der Waals surface area contributed by atoms with E-state index < -0.39 is 26.1 Å². The van der Waals surface area contributed by atoms with E-state index in [1.807, 2.05) is 0 Å². The van der Waals surface area contributed by atoms with E-state index in [1.165, 1.54) is 64.8 Å². The maximum absolute atomic E-state index is 12.8. The highest BCUT2D eigenvalue weighted by Gasteiger charge is 2.29. The van der Waals surface area contributed by atoms with Crippen LogP contribution in [0.5, 0.6) is 0 Å². The highest BCUT2D eigenvalue weighted by atomic mass is 32.2. The van der Waals surface area contributed by atoms with Crippen molar-refractivity contribution in [3.05, 3.63) is 81.2 Å². The number of aromatic nitrogens is 4. The van der Waals surface area contributed by atoms with Gasteiger partial charge in [0, 0.05) is 30.2 Å². The molecule has 16 nitrogen and oxygen atoms in total. The fraction of sp³-hybridized carbons (Fsp3) is 0.545. The van der Waals surface area contributed by atoms with Gasteiger partial charge in [-0.3, -0.25) is 9.36 Å². The Morgan fingerprint density at radius 3 is 1.60 bits per heavy atom. The first-order valence-corrected chi connectivity index (χ1v) is 25.0. The molecule has 2 atom stereocenters. The minimum atomic E-state index is -4.04. The minimum absolute atomic E-state index is 0.0619. The van der Waals surface area contributed by atoms with Gasteiger partial charge in [-0.2, -0.15) is 23.6 Å². The van der Waals surface area contributed by atoms with Crippen molar-refractivity contribution >= 4 is 43.5 Å². The number of fused-ring (bicyclic) bond motifs is 4. The Labute approximate surface area is 364 Å². The molecule has 4 aliphatic carbocycles. The Hall–Kier alpha value is -4.71. The molecule has 0 spiro atoms. The first-order chi connectivity index (χ1) is 29.8. The Kier molecular flexibility index (Phi) is 13.1.